The van der Waals surface area contributed by atoms with Crippen LogP contribution in [0.1, 0.15) is 39.5 Å². The Morgan fingerprint density at radius 1 is 1.47 bits per heavy atom. The summed E-state index contributed by atoms with van der Waals surface area (Å²) in [5.74, 6) is 1.67. The van der Waals surface area contributed by atoms with Crippen LogP contribution < -0.4 is 0 Å². The summed E-state index contributed by atoms with van der Waals surface area (Å²) in [6.45, 7) is 6.23. The molecule has 0 radical (unpaired) electrons. The molecular weight excluding hydrogens is 254 g/mol. The Kier molecular flexibility index (Phi) is 5.65. The molecule has 0 spiro atoms. The largest absolute Gasteiger partial charge is 0.343 e. The zero-order valence-corrected chi connectivity index (χ0v) is 11.4. The number of carbonyl (C=O) groups is 1. The molecule has 0 aromatic rings. The van der Waals surface area contributed by atoms with Gasteiger partial charge in [0.2, 0.25) is 5.91 Å². The van der Waals surface area contributed by atoms with Gasteiger partial charge in [0, 0.05) is 24.8 Å². The molecule has 0 aliphatic carbocycles. The third-order valence-corrected chi connectivity index (χ3v) is 4.32. The van der Waals surface area contributed by atoms with E-state index in [-0.39, 0.29) is 0 Å². The van der Waals surface area contributed by atoms with Crippen LogP contribution in [0.5, 0.6) is 0 Å². The zero-order valence-electron chi connectivity index (χ0n) is 9.84. The Balaban J connectivity index is 2.30. The van der Waals surface area contributed by atoms with Gasteiger partial charge in [0.05, 0.1) is 0 Å². The van der Waals surface area contributed by atoms with Crippen molar-refractivity contribution in [2.24, 2.45) is 11.8 Å². The van der Waals surface area contributed by atoms with Crippen molar-refractivity contribution >= 4 is 21.8 Å². The maximum Gasteiger partial charge on any atom is 0.222 e. The van der Waals surface area contributed by atoms with Crippen LogP contribution in [0.25, 0.3) is 0 Å². The lowest BCUT2D eigenvalue weighted by Crippen LogP contribution is -2.39. The third kappa shape index (κ3) is 4.13. The molecule has 1 rings (SSSR count). The highest BCUT2D eigenvalue weighted by atomic mass is 79.9. The fourth-order valence-corrected chi connectivity index (χ4v) is 2.56. The lowest BCUT2D eigenvalue weighted by molar-refractivity contribution is -0.133. The first kappa shape index (κ1) is 13.0. The van der Waals surface area contributed by atoms with Crippen LogP contribution in [0.4, 0.5) is 0 Å². The van der Waals surface area contributed by atoms with E-state index in [1.807, 2.05) is 4.90 Å². The predicted octanol–water partition coefficient (Wildman–Crippen LogP) is 3.06. The van der Waals surface area contributed by atoms with E-state index in [1.165, 1.54) is 0 Å². The number of hydrogen-bond acceptors (Lipinski definition) is 1. The minimum atomic E-state index is 0.359. The Hall–Kier alpha value is -0.0500. The number of alkyl halides is 1. The van der Waals surface area contributed by atoms with Gasteiger partial charge in [0.25, 0.3) is 0 Å². The van der Waals surface area contributed by atoms with Crippen molar-refractivity contribution in [2.45, 2.75) is 39.5 Å². The lowest BCUT2D eigenvalue weighted by atomic mass is 9.97. The van der Waals surface area contributed by atoms with Crippen LogP contribution in [0.15, 0.2) is 0 Å². The summed E-state index contributed by atoms with van der Waals surface area (Å²) in [4.78, 5) is 13.9. The lowest BCUT2D eigenvalue weighted by Gasteiger charge is -2.31. The van der Waals surface area contributed by atoms with E-state index < -0.39 is 0 Å². The number of halogens is 1. The van der Waals surface area contributed by atoms with Gasteiger partial charge in [-0.3, -0.25) is 4.79 Å². The van der Waals surface area contributed by atoms with Gasteiger partial charge in [-0.2, -0.15) is 0 Å². The van der Waals surface area contributed by atoms with E-state index in [0.717, 1.165) is 50.0 Å². The predicted molar refractivity (Wildman–Crippen MR) is 67.2 cm³/mol. The molecule has 1 heterocycles. The summed E-state index contributed by atoms with van der Waals surface area (Å²) >= 11 is 3.52. The quantitative estimate of drug-likeness (QED) is 0.723. The summed E-state index contributed by atoms with van der Waals surface area (Å²) in [7, 11) is 0. The van der Waals surface area contributed by atoms with Crippen molar-refractivity contribution < 1.29 is 4.79 Å². The molecule has 0 bridgehead atoms. The molecule has 1 unspecified atom stereocenters. The molecule has 1 aliphatic rings. The van der Waals surface area contributed by atoms with Crippen molar-refractivity contribution in [2.75, 3.05) is 18.4 Å². The second-order valence-corrected chi connectivity index (χ2v) is 5.34. The minimum absolute atomic E-state index is 0.359. The first-order chi connectivity index (χ1) is 7.17. The molecule has 88 valence electrons. The molecule has 15 heavy (non-hydrogen) atoms. The summed E-state index contributed by atoms with van der Waals surface area (Å²) in [5.41, 5.74) is 0. The fourth-order valence-electron chi connectivity index (χ4n) is 1.91. The van der Waals surface area contributed by atoms with E-state index in [1.54, 1.807) is 0 Å². The van der Waals surface area contributed by atoms with Gasteiger partial charge in [-0.15, -0.1) is 0 Å². The molecule has 0 N–H and O–H groups in total. The van der Waals surface area contributed by atoms with E-state index in [4.69, 9.17) is 0 Å². The third-order valence-electron chi connectivity index (χ3n) is 3.41. The number of rotatable bonds is 4. The number of amides is 1. The Labute approximate surface area is 102 Å². The number of likely N-dealkylation sites (tertiary alicyclic amines) is 1. The second-order valence-electron chi connectivity index (χ2n) is 4.70. The van der Waals surface area contributed by atoms with E-state index >= 15 is 0 Å². The fraction of sp³-hybridized carbons (Fsp3) is 0.917. The highest BCUT2D eigenvalue weighted by molar-refractivity contribution is 9.09. The van der Waals surface area contributed by atoms with Crippen LogP contribution >= 0.6 is 15.9 Å². The van der Waals surface area contributed by atoms with Crippen molar-refractivity contribution in [3.05, 3.63) is 0 Å². The number of hydrogen-bond donors (Lipinski definition) is 0. The van der Waals surface area contributed by atoms with Gasteiger partial charge in [0.1, 0.15) is 0 Å². The topological polar surface area (TPSA) is 20.3 Å². The monoisotopic (exact) mass is 275 g/mol. The van der Waals surface area contributed by atoms with Gasteiger partial charge in [-0.25, -0.2) is 0 Å². The number of piperidine rings is 1. The molecule has 0 saturated carbocycles. The molecule has 1 fully saturated rings. The SMILES string of the molecule is CCC(C)CC(=O)N1CCC(CBr)CC1. The van der Waals surface area contributed by atoms with Crippen LogP contribution in [0.2, 0.25) is 0 Å². The van der Waals surface area contributed by atoms with E-state index in [9.17, 15) is 4.79 Å². The summed E-state index contributed by atoms with van der Waals surface area (Å²) in [6, 6.07) is 0. The van der Waals surface area contributed by atoms with Crippen molar-refractivity contribution in [3.8, 4) is 0 Å². The van der Waals surface area contributed by atoms with Crippen molar-refractivity contribution in [1.82, 2.24) is 4.90 Å². The van der Waals surface area contributed by atoms with Gasteiger partial charge in [-0.05, 0) is 24.7 Å². The molecule has 1 amide bonds. The molecule has 0 aromatic heterocycles. The number of nitrogens with zero attached hydrogens (tertiary/aromatic N) is 1. The summed E-state index contributed by atoms with van der Waals surface area (Å²) in [6.07, 6.45) is 4.16. The minimum Gasteiger partial charge on any atom is -0.343 e. The average Bonchev–Trinajstić information content (AvgIpc) is 2.29. The Morgan fingerprint density at radius 2 is 2.07 bits per heavy atom. The van der Waals surface area contributed by atoms with Crippen LogP contribution in [0, 0.1) is 11.8 Å². The van der Waals surface area contributed by atoms with Crippen LogP contribution in [-0.4, -0.2) is 29.2 Å². The maximum absolute atomic E-state index is 11.9. The smallest absolute Gasteiger partial charge is 0.222 e. The van der Waals surface area contributed by atoms with E-state index in [0.29, 0.717) is 11.8 Å². The Bertz CT molecular complexity index is 200. The van der Waals surface area contributed by atoms with Crippen LogP contribution in [0.3, 0.4) is 0 Å². The second kappa shape index (κ2) is 6.51. The average molecular weight is 276 g/mol. The molecule has 3 heteroatoms. The van der Waals surface area contributed by atoms with Gasteiger partial charge in [-0.1, -0.05) is 36.2 Å². The first-order valence-corrected chi connectivity index (χ1v) is 7.13. The van der Waals surface area contributed by atoms with Crippen LogP contribution in [-0.2, 0) is 4.79 Å². The van der Waals surface area contributed by atoms with Gasteiger partial charge < -0.3 is 4.90 Å². The molecule has 1 atom stereocenters. The first-order valence-electron chi connectivity index (χ1n) is 6.01. The highest BCUT2D eigenvalue weighted by Crippen LogP contribution is 2.20. The molecule has 2 nitrogen and oxygen atoms in total. The standard InChI is InChI=1S/C12H22BrNO/c1-3-10(2)8-12(15)14-6-4-11(9-13)5-7-14/h10-11H,3-9H2,1-2H3. The zero-order chi connectivity index (χ0) is 11.3. The van der Waals surface area contributed by atoms with Crippen molar-refractivity contribution in [3.63, 3.8) is 0 Å². The summed E-state index contributed by atoms with van der Waals surface area (Å²) < 4.78 is 0. The van der Waals surface area contributed by atoms with Gasteiger partial charge in [0.15, 0.2) is 0 Å². The highest BCUT2D eigenvalue weighted by Gasteiger charge is 2.22. The Morgan fingerprint density at radius 3 is 2.53 bits per heavy atom. The molecule has 1 aliphatic heterocycles. The van der Waals surface area contributed by atoms with Crippen molar-refractivity contribution in [1.29, 1.82) is 0 Å². The normalized spacial score (nSPS) is 20.3. The molecular formula is C12H22BrNO. The number of carbonyl (C=O) groups excluding carboxylic acids is 1. The van der Waals surface area contributed by atoms with E-state index in [2.05, 4.69) is 29.8 Å². The van der Waals surface area contributed by atoms with Gasteiger partial charge >= 0.3 is 0 Å². The maximum atomic E-state index is 11.9. The molecule has 0 aromatic carbocycles. The molecule has 1 saturated heterocycles. The summed E-state index contributed by atoms with van der Waals surface area (Å²) in [5, 5.41) is 1.08.